The first-order chi connectivity index (χ1) is 62.9. The van der Waals surface area contributed by atoms with Crippen LogP contribution in [0, 0.1) is 0 Å². The monoisotopic (exact) mass is 2420 g/mol. The maximum absolute atomic E-state index is 17.1. The highest BCUT2D eigenvalue weighted by Crippen LogP contribution is 2.70. The topological polar surface area (TPSA) is 180 Å². The molecule has 1 amide bonds. The molecule has 0 saturated heterocycles. The molecule has 0 aliphatic rings. The van der Waals surface area contributed by atoms with Crippen molar-refractivity contribution >= 4 is 24.2 Å². The Balaban J connectivity index is 5.15. The van der Waals surface area contributed by atoms with E-state index in [-0.39, 0.29) is 5.32 Å². The second-order valence-electron chi connectivity index (χ2n) is 25.7. The Bertz CT molecular complexity index is 4790. The zero-order valence-electron chi connectivity index (χ0n) is 63.2. The van der Waals surface area contributed by atoms with Crippen molar-refractivity contribution in [3.63, 3.8) is 0 Å². The van der Waals surface area contributed by atoms with Gasteiger partial charge in [-0.3, -0.25) is 61.6 Å². The Kier molecular flexibility index (Phi) is 35.0. The molecule has 12 atom stereocenters. The number of rotatable bonds is 41. The van der Waals surface area contributed by atoms with Crippen LogP contribution < -0.4 is 10.8 Å². The fraction of sp³-hybridized carbons (Fsp3) is 0.816. The molecule has 0 bridgehead atoms. The number of benzene rings is 1. The lowest BCUT2D eigenvalue weighted by atomic mass is 9.72. The van der Waals surface area contributed by atoms with Crippen LogP contribution in [0.15, 0.2) is 24.8 Å². The third kappa shape index (κ3) is 23.0. The maximum Gasteiger partial charge on any atom is 0.489 e. The molecule has 0 spiro atoms. The molecule has 12 unspecified atom stereocenters. The zero-order chi connectivity index (χ0) is 121. The zero-order valence-corrected chi connectivity index (χ0v) is 63.2. The quantitative estimate of drug-likeness (QED) is 0.0320. The summed E-state index contributed by atoms with van der Waals surface area (Å²) in [4.78, 5) is 12.0. The minimum absolute atomic E-state index is 0.0992. The van der Waals surface area contributed by atoms with Gasteiger partial charge in [-0.15, -0.1) is 0 Å². The third-order valence-electron chi connectivity index (χ3n) is 15.4. The Labute approximate surface area is 740 Å². The highest BCUT2D eigenvalue weighted by atomic mass is 19.5. The summed E-state index contributed by atoms with van der Waals surface area (Å²) >= 11 is 0. The second-order valence-corrected chi connectivity index (χ2v) is 25.7. The van der Waals surface area contributed by atoms with Crippen molar-refractivity contribution in [3.05, 3.63) is 35.9 Å². The van der Waals surface area contributed by atoms with Gasteiger partial charge in [-0.25, -0.2) is 0 Å². The average Bonchev–Trinajstić information content (AvgIpc) is 0.702. The highest BCUT2D eigenvalue weighted by molar-refractivity contribution is 6.59. The lowest BCUT2D eigenvalue weighted by Crippen LogP contribution is -2.73. The number of halogens is 82. The Morgan fingerprint density at radius 3 is 0.480 bits per heavy atom. The lowest BCUT2D eigenvalue weighted by molar-refractivity contribution is -0.605. The molecule has 0 heterocycles. The first-order valence-corrected chi connectivity index (χ1v) is 31.3. The lowest BCUT2D eigenvalue weighted by Gasteiger charge is -2.45. The molecule has 876 valence electrons. The molecule has 148 heavy (non-hydrogen) atoms. The van der Waals surface area contributed by atoms with Crippen molar-refractivity contribution < 1.29 is 432 Å². The molecule has 0 saturated carbocycles. The molecular formula is C49H8BF82NO15. The molecule has 1 aromatic carbocycles. The first-order valence-electron chi connectivity index (χ1n) is 31.3. The molecule has 0 aromatic heterocycles. The van der Waals surface area contributed by atoms with Gasteiger partial charge >= 0.3 is 249 Å². The van der Waals surface area contributed by atoms with Crippen molar-refractivity contribution in [2.45, 2.75) is 242 Å². The van der Waals surface area contributed by atoms with E-state index in [0.29, 0.717) is 47.4 Å². The van der Waals surface area contributed by atoms with Crippen LogP contribution in [-0.2, 0) is 73.3 Å². The number of nitrogens with one attached hydrogen (secondary N) is 1. The molecule has 0 radical (unpaired) electrons. The minimum atomic E-state index is -10.7. The predicted octanol–water partition coefficient (Wildman–Crippen LogP) is 24.8. The van der Waals surface area contributed by atoms with E-state index in [1.54, 1.807) is 0 Å². The van der Waals surface area contributed by atoms with Crippen LogP contribution in [0.3, 0.4) is 0 Å². The minimum Gasteiger partial charge on any atom is -0.423 e. The standard InChI is InChI=1S/C49H8BF82NO15/c1-2-8(134)133-5-3-6(10(51,24(67,68)69)137-40(113,114)14(57,28(79,80)81)141-44(121,122)18(61,32(91,92)93)145-48(129,130)22(65,36(103,104)105)147-46(125,126)20(63,34(97,98)99)143-42(117,118)16(59,30(85,86)87)139-38(109,110)12(53,54)26(73,74)75)9(7(4-5)50(135)136)11(52,25(70,71)72)138-41(115,116)15(58,29(82,83)84)142-45(123,124)19(62,33(94,95)96)146-49(131,132)23(66,37(106,107)108)148-47(127,128)21(64,35(100,101)102)144-43(119,120)17(60,31(88,89)90)140-39(111,112)13(55,56)27(76,77)78/h2-4,135-136H,1H2,(H,133,134). The second kappa shape index (κ2) is 37.5. The van der Waals surface area contributed by atoms with Crippen LogP contribution >= 0.6 is 0 Å². The van der Waals surface area contributed by atoms with Crippen LogP contribution in [0.2, 0.25) is 0 Å². The summed E-state index contributed by atoms with van der Waals surface area (Å²) in [5.74, 6) is -145. The van der Waals surface area contributed by atoms with Gasteiger partial charge in [-0.1, -0.05) is 6.58 Å². The fourth-order valence-corrected chi connectivity index (χ4v) is 8.32. The summed E-state index contributed by atoms with van der Waals surface area (Å²) in [6.07, 6.45) is -260. The summed E-state index contributed by atoms with van der Waals surface area (Å²) in [5.41, 5.74) is -20.3. The summed E-state index contributed by atoms with van der Waals surface area (Å²) in [7, 11) is -5.85. The summed E-state index contributed by atoms with van der Waals surface area (Å²) < 4.78 is 1190. The fourth-order valence-electron chi connectivity index (χ4n) is 8.32. The number of hydrogen-bond acceptors (Lipinski definition) is 15. The van der Waals surface area contributed by atoms with Crippen LogP contribution in [0.5, 0.6) is 0 Å². The van der Waals surface area contributed by atoms with Gasteiger partial charge < -0.3 is 15.4 Å². The van der Waals surface area contributed by atoms with Gasteiger partial charge in [0.15, 0.2) is 0 Å². The smallest absolute Gasteiger partial charge is 0.423 e. The number of carbonyl (C=O) groups is 1. The number of hydrogen-bond donors (Lipinski definition) is 3. The first kappa shape index (κ1) is 138. The van der Waals surface area contributed by atoms with Gasteiger partial charge in [0.05, 0.1) is 0 Å². The van der Waals surface area contributed by atoms with E-state index in [4.69, 9.17) is 0 Å². The Morgan fingerprint density at radius 2 is 0.351 bits per heavy atom. The van der Waals surface area contributed by atoms with Crippen LogP contribution in [0.25, 0.3) is 0 Å². The van der Waals surface area contributed by atoms with Crippen molar-refractivity contribution in [3.8, 4) is 0 Å². The number of anilines is 1. The van der Waals surface area contributed by atoms with E-state index in [0.717, 1.165) is 9.47 Å². The molecule has 1 aromatic rings. The van der Waals surface area contributed by atoms with Crippen molar-refractivity contribution in [1.82, 2.24) is 0 Å². The van der Waals surface area contributed by atoms with Gasteiger partial charge in [0, 0.05) is 16.8 Å². The molecule has 0 aliphatic carbocycles. The molecule has 0 aliphatic heterocycles. The summed E-state index contributed by atoms with van der Waals surface area (Å²) in [5, 5.41) is 19.5. The van der Waals surface area contributed by atoms with E-state index in [1.807, 2.05) is 0 Å². The molecule has 99 heteroatoms. The number of alkyl halides is 82. The predicted molar refractivity (Wildman–Crippen MR) is 266 cm³/mol. The molecule has 1 rings (SSSR count). The maximum atomic E-state index is 17.1. The number of amides is 1. The van der Waals surface area contributed by atoms with E-state index in [2.05, 4.69) is 6.58 Å². The van der Waals surface area contributed by atoms with E-state index >= 15 is 123 Å². The summed E-state index contributed by atoms with van der Waals surface area (Å²) in [6, 6.07) is -4.91. The van der Waals surface area contributed by atoms with Gasteiger partial charge in [0.1, 0.15) is 0 Å². The highest BCUT2D eigenvalue weighted by Gasteiger charge is 2.97. The molecule has 3 N–H and O–H groups in total. The average molecular weight is 2420 g/mol. The molecule has 0 fully saturated rings. The van der Waals surface area contributed by atoms with Crippen LogP contribution in [-0.4, -0.2) is 253 Å². The normalized spacial score (nSPS) is 20.5. The van der Waals surface area contributed by atoms with E-state index in [1.165, 1.54) is 0 Å². The molecular weight excluding hydrogens is 2410 g/mol. The van der Waals surface area contributed by atoms with E-state index in [9.17, 15) is 252 Å². The van der Waals surface area contributed by atoms with Gasteiger partial charge in [0.25, 0.3) is 0 Å². The largest absolute Gasteiger partial charge is 0.489 e. The summed E-state index contributed by atoms with van der Waals surface area (Å²) in [6.45, 7) is 2.09. The van der Waals surface area contributed by atoms with E-state index < -0.39 is 295 Å². The van der Waals surface area contributed by atoms with Gasteiger partial charge in [-0.2, -0.15) is 360 Å². The van der Waals surface area contributed by atoms with Crippen molar-refractivity contribution in [2.24, 2.45) is 0 Å². The number of carbonyl (C=O) groups excluding carboxylic acids is 1. The van der Waals surface area contributed by atoms with Crippen LogP contribution in [0.1, 0.15) is 11.1 Å². The SMILES string of the molecule is C=CC(=O)Nc1cc(B(O)O)c(C(F)(OC(F)(F)C(F)(OC(F)(F)C(F)(OC(F)(F)C(F)(OC(F)(F)C(F)(OC(F)(F)C(F)(OC(F)(F)C(F)(F)C(F)(F)F)C(F)(F)F)C(F)(F)F)C(F)(F)F)C(F)(F)F)C(F)(F)F)C(F)(F)F)c(C(F)(OC(F)(F)C(F)(OC(F)(F)C(F)(OC(F)(F)C(F)(OC(F)(F)C(F)(OC(F)(F)C(F)(OC(F)(F)C(F)(F)C(F)(F)F)C(F)(F)F)C(F)(F)F)C(F)(F)F)C(F)(F)F)C(F)(F)F)C(F)(F)F)c1. The number of ether oxygens (including phenoxy) is 12. The van der Waals surface area contributed by atoms with Gasteiger partial charge in [-0.05, 0) is 23.7 Å². The Morgan fingerprint density at radius 1 is 0.209 bits per heavy atom. The third-order valence-corrected chi connectivity index (χ3v) is 15.4. The Hall–Kier alpha value is -7.81. The van der Waals surface area contributed by atoms with Crippen molar-refractivity contribution in [2.75, 3.05) is 5.32 Å². The van der Waals surface area contributed by atoms with Crippen LogP contribution in [0.4, 0.5) is 366 Å². The van der Waals surface area contributed by atoms with Crippen molar-refractivity contribution in [1.29, 1.82) is 0 Å². The molecule has 16 nitrogen and oxygen atoms in total. The van der Waals surface area contributed by atoms with Gasteiger partial charge in [0.2, 0.25) is 5.91 Å².